The number of benzene rings is 1. The van der Waals surface area contributed by atoms with Gasteiger partial charge in [0.15, 0.2) is 0 Å². The lowest BCUT2D eigenvalue weighted by atomic mass is 9.66. The smallest absolute Gasteiger partial charge is 0.267 e. The van der Waals surface area contributed by atoms with Gasteiger partial charge in [-0.25, -0.2) is 0 Å². The van der Waals surface area contributed by atoms with Crippen molar-refractivity contribution in [1.82, 2.24) is 15.2 Å². The van der Waals surface area contributed by atoms with Crippen LogP contribution in [0.3, 0.4) is 0 Å². The highest BCUT2D eigenvalue weighted by Gasteiger charge is 2.50. The lowest BCUT2D eigenvalue weighted by Gasteiger charge is -2.41. The van der Waals surface area contributed by atoms with Gasteiger partial charge in [0.25, 0.3) is 5.56 Å². The van der Waals surface area contributed by atoms with Crippen molar-refractivity contribution in [1.29, 1.82) is 0 Å². The lowest BCUT2D eigenvalue weighted by Crippen LogP contribution is -2.51. The Balaban J connectivity index is 1.82. The van der Waals surface area contributed by atoms with Crippen LogP contribution in [-0.4, -0.2) is 31.8 Å². The molecule has 4 N–H and O–H groups in total. The number of H-pyrrole nitrogens is 2. The molecule has 1 amide bonds. The van der Waals surface area contributed by atoms with Gasteiger partial charge < -0.3 is 15.5 Å². The van der Waals surface area contributed by atoms with Gasteiger partial charge in [-0.1, -0.05) is 24.3 Å². The Labute approximate surface area is 155 Å². The Bertz CT molecular complexity index is 1010. The first-order valence-electron chi connectivity index (χ1n) is 8.75. The van der Waals surface area contributed by atoms with Crippen molar-refractivity contribution < 1.29 is 9.90 Å². The van der Waals surface area contributed by atoms with E-state index in [0.29, 0.717) is 22.5 Å². The van der Waals surface area contributed by atoms with E-state index in [1.165, 1.54) is 0 Å². The van der Waals surface area contributed by atoms with Crippen LogP contribution in [0, 0.1) is 5.92 Å². The summed E-state index contributed by atoms with van der Waals surface area (Å²) in [6.07, 6.45) is 3.43. The molecule has 7 heteroatoms. The average molecular weight is 364 g/mol. The molecule has 7 nitrogen and oxygen atoms in total. The minimum absolute atomic E-state index is 0.171. The highest BCUT2D eigenvalue weighted by Crippen LogP contribution is 2.44. The maximum atomic E-state index is 13.2. The summed E-state index contributed by atoms with van der Waals surface area (Å²) in [7, 11) is 0. The third-order valence-corrected chi connectivity index (χ3v) is 5.11. The standard InChI is InChI=1S/C20H20N4O3/c1-20(27)10-14-16(18(25)24-23-14)15(12-6-5-9-21-11-12)17(20)19(26)22-13-7-3-2-4-8-13/h2-9,11,15,17,27H,10H2,1H3,(H,22,26)(H2,23,24,25). The lowest BCUT2D eigenvalue weighted by molar-refractivity contribution is -0.130. The number of aromatic amines is 2. The van der Waals surface area contributed by atoms with Crippen LogP contribution in [-0.2, 0) is 11.2 Å². The number of anilines is 1. The first-order chi connectivity index (χ1) is 13.0. The minimum atomic E-state index is -1.35. The van der Waals surface area contributed by atoms with Crippen molar-refractivity contribution in [2.45, 2.75) is 24.9 Å². The summed E-state index contributed by atoms with van der Waals surface area (Å²) in [6.45, 7) is 1.62. The summed E-state index contributed by atoms with van der Waals surface area (Å²) in [5.74, 6) is -1.81. The topological polar surface area (TPSA) is 111 Å². The van der Waals surface area contributed by atoms with Crippen LogP contribution in [0.5, 0.6) is 0 Å². The predicted molar refractivity (Wildman–Crippen MR) is 100 cm³/mol. The van der Waals surface area contributed by atoms with E-state index in [0.717, 1.165) is 0 Å². The number of hydrogen-bond acceptors (Lipinski definition) is 4. The molecule has 0 bridgehead atoms. The first kappa shape index (κ1) is 17.2. The normalized spacial score (nSPS) is 24.2. The largest absolute Gasteiger partial charge is 0.389 e. The fourth-order valence-corrected chi connectivity index (χ4v) is 3.96. The number of carbonyl (C=O) groups is 1. The summed E-state index contributed by atoms with van der Waals surface area (Å²) in [4.78, 5) is 29.8. The van der Waals surface area contributed by atoms with Gasteiger partial charge in [0, 0.05) is 41.7 Å². The third-order valence-electron chi connectivity index (χ3n) is 5.11. The second-order valence-electron chi connectivity index (χ2n) is 7.10. The van der Waals surface area contributed by atoms with Crippen molar-refractivity contribution in [2.75, 3.05) is 5.32 Å². The van der Waals surface area contributed by atoms with Crippen molar-refractivity contribution in [3.8, 4) is 0 Å². The molecule has 0 saturated carbocycles. The van der Waals surface area contributed by atoms with E-state index in [4.69, 9.17) is 0 Å². The SMILES string of the molecule is CC1(O)Cc2[nH][nH]c(=O)c2C(c2cccnc2)C1C(=O)Nc1ccccc1. The molecule has 4 rings (SSSR count). The van der Waals surface area contributed by atoms with E-state index < -0.39 is 17.4 Å². The number of aromatic nitrogens is 3. The van der Waals surface area contributed by atoms with Crippen molar-refractivity contribution in [3.05, 3.63) is 82.0 Å². The highest BCUT2D eigenvalue weighted by molar-refractivity contribution is 5.94. The van der Waals surface area contributed by atoms with E-state index >= 15 is 0 Å². The van der Waals surface area contributed by atoms with Gasteiger partial charge in [0.2, 0.25) is 5.91 Å². The van der Waals surface area contributed by atoms with Crippen LogP contribution >= 0.6 is 0 Å². The number of pyridine rings is 1. The molecule has 27 heavy (non-hydrogen) atoms. The van der Waals surface area contributed by atoms with Crippen LogP contribution in [0.25, 0.3) is 0 Å². The van der Waals surface area contributed by atoms with Crippen molar-refractivity contribution in [3.63, 3.8) is 0 Å². The number of fused-ring (bicyclic) bond motifs is 1. The molecule has 0 aliphatic heterocycles. The number of carbonyl (C=O) groups excluding carboxylic acids is 1. The van der Waals surface area contributed by atoms with Gasteiger partial charge in [-0.2, -0.15) is 0 Å². The van der Waals surface area contributed by atoms with Crippen molar-refractivity contribution >= 4 is 11.6 Å². The molecule has 0 fully saturated rings. The second-order valence-corrected chi connectivity index (χ2v) is 7.10. The molecule has 0 spiro atoms. The Morgan fingerprint density at radius 3 is 2.70 bits per heavy atom. The number of para-hydroxylation sites is 1. The van der Waals surface area contributed by atoms with E-state index in [1.54, 1.807) is 37.5 Å². The molecule has 1 aliphatic rings. The molecule has 3 aromatic rings. The van der Waals surface area contributed by atoms with E-state index in [1.807, 2.05) is 24.3 Å². The summed E-state index contributed by atoms with van der Waals surface area (Å²) < 4.78 is 0. The monoisotopic (exact) mass is 364 g/mol. The molecule has 2 heterocycles. The number of rotatable bonds is 3. The van der Waals surface area contributed by atoms with Gasteiger partial charge in [-0.15, -0.1) is 0 Å². The number of nitrogens with one attached hydrogen (secondary N) is 3. The summed E-state index contributed by atoms with van der Waals surface area (Å²) >= 11 is 0. The summed E-state index contributed by atoms with van der Waals surface area (Å²) in [5, 5.41) is 19.4. The Hall–Kier alpha value is -3.19. The van der Waals surface area contributed by atoms with Crippen LogP contribution < -0.4 is 10.9 Å². The zero-order valence-corrected chi connectivity index (χ0v) is 14.8. The van der Waals surface area contributed by atoms with Crippen LogP contribution in [0.4, 0.5) is 5.69 Å². The van der Waals surface area contributed by atoms with Gasteiger partial charge in [-0.3, -0.25) is 19.7 Å². The van der Waals surface area contributed by atoms with Gasteiger partial charge >= 0.3 is 0 Å². The molecule has 1 aromatic carbocycles. The number of hydrogen-bond donors (Lipinski definition) is 4. The number of nitrogens with zero attached hydrogens (tertiary/aromatic N) is 1. The molecule has 138 valence electrons. The first-order valence-corrected chi connectivity index (χ1v) is 8.75. The third kappa shape index (κ3) is 3.06. The van der Waals surface area contributed by atoms with E-state index in [2.05, 4.69) is 20.5 Å². The maximum absolute atomic E-state index is 13.2. The molecule has 3 atom stereocenters. The summed E-state index contributed by atoms with van der Waals surface area (Å²) in [6, 6.07) is 12.6. The van der Waals surface area contributed by atoms with Crippen LogP contribution in [0.2, 0.25) is 0 Å². The van der Waals surface area contributed by atoms with Crippen molar-refractivity contribution in [2.24, 2.45) is 5.92 Å². The quantitative estimate of drug-likeness (QED) is 0.568. The zero-order valence-electron chi connectivity index (χ0n) is 14.8. The fraction of sp³-hybridized carbons (Fsp3) is 0.250. The molecule has 0 radical (unpaired) electrons. The van der Waals surface area contributed by atoms with Crippen LogP contribution in [0.15, 0.2) is 59.7 Å². The highest BCUT2D eigenvalue weighted by atomic mass is 16.3. The van der Waals surface area contributed by atoms with E-state index in [9.17, 15) is 14.7 Å². The molecule has 1 aliphatic carbocycles. The average Bonchev–Trinajstić information content (AvgIpc) is 3.01. The molecule has 3 unspecified atom stereocenters. The fourth-order valence-electron chi connectivity index (χ4n) is 3.96. The van der Waals surface area contributed by atoms with E-state index in [-0.39, 0.29) is 17.9 Å². The molecule has 2 aromatic heterocycles. The molecular weight excluding hydrogens is 344 g/mol. The summed E-state index contributed by atoms with van der Waals surface area (Å²) in [5.41, 5.74) is 0.795. The molecular formula is C20H20N4O3. The van der Waals surface area contributed by atoms with Crippen LogP contribution in [0.1, 0.15) is 29.7 Å². The Kier molecular flexibility index (Phi) is 4.16. The minimum Gasteiger partial charge on any atom is -0.389 e. The maximum Gasteiger partial charge on any atom is 0.267 e. The number of amides is 1. The van der Waals surface area contributed by atoms with Gasteiger partial charge in [0.1, 0.15) is 0 Å². The Morgan fingerprint density at radius 2 is 2.00 bits per heavy atom. The Morgan fingerprint density at radius 1 is 1.22 bits per heavy atom. The number of aliphatic hydroxyl groups is 1. The van der Waals surface area contributed by atoms with Gasteiger partial charge in [-0.05, 0) is 30.7 Å². The second kappa shape index (κ2) is 6.51. The molecule has 0 saturated heterocycles. The zero-order chi connectivity index (χ0) is 19.0. The predicted octanol–water partition coefficient (Wildman–Crippen LogP) is 1.79. The van der Waals surface area contributed by atoms with Gasteiger partial charge in [0.05, 0.1) is 11.5 Å².